The number of benzene rings is 3. The van der Waals surface area contributed by atoms with Crippen molar-refractivity contribution >= 4 is 107 Å². The molecule has 8 amide bonds. The predicted octanol–water partition coefficient (Wildman–Crippen LogP) is 5.53. The maximum absolute atomic E-state index is 15.5. The zero-order valence-electron chi connectivity index (χ0n) is 55.9. The second kappa shape index (κ2) is 33.7. The molecule has 0 spiro atoms. The number of esters is 1. The van der Waals surface area contributed by atoms with E-state index < -0.39 is 76.8 Å². The van der Waals surface area contributed by atoms with Gasteiger partial charge in [0.1, 0.15) is 31.1 Å². The van der Waals surface area contributed by atoms with Crippen LogP contribution >= 0.6 is 31.9 Å². The molecule has 0 radical (unpaired) electrons. The van der Waals surface area contributed by atoms with Crippen molar-refractivity contribution in [2.75, 3.05) is 84.4 Å². The molecule has 1 fully saturated rings. The number of likely N-dealkylation sites (tertiary alicyclic amines) is 1. The average Bonchev–Trinajstić information content (AvgIpc) is 1.50. The number of anilines is 1. The SMILES string of the molecule is CCC1(O)C(=O)OCc2c1cc1n(c2=O)Cc2c-1nc1cc(F)c(C)c3c1c2[C@H](NC(=O)C1CN(C(=O)OCc2ccc(NC(=O)C(CCCNC(N)=O)NC(=O)[C@@H](NC(=O)CCOCCOCCOCCOCCNC(=O)c4ccc5nc(CBr)c(CBr)nc5c4)C(C)C)cc2)C1)CC3. The van der Waals surface area contributed by atoms with Crippen LogP contribution in [0.1, 0.15) is 120 Å². The van der Waals surface area contributed by atoms with Gasteiger partial charge in [0.05, 0.1) is 116 Å². The van der Waals surface area contributed by atoms with Gasteiger partial charge in [-0.2, -0.15) is 0 Å². The minimum atomic E-state index is -2.05. The van der Waals surface area contributed by atoms with E-state index in [1.165, 1.54) is 15.5 Å². The van der Waals surface area contributed by atoms with Crippen LogP contribution in [0.2, 0.25) is 0 Å². The van der Waals surface area contributed by atoms with Crippen LogP contribution in [-0.2, 0) is 94.8 Å². The monoisotopic (exact) mass is 1510 g/mol. The third-order valence-corrected chi connectivity index (χ3v) is 19.2. The van der Waals surface area contributed by atoms with Crippen LogP contribution in [0.4, 0.5) is 19.7 Å². The number of aliphatic hydroxyl groups is 1. The number of hydrogen-bond acceptors (Lipinski definition) is 19. The lowest BCUT2D eigenvalue weighted by Crippen LogP contribution is -2.56. The molecule has 1 aliphatic carbocycles. The Morgan fingerprint density at radius 3 is 2.15 bits per heavy atom. The molecule has 3 aromatic carbocycles. The summed E-state index contributed by atoms with van der Waals surface area (Å²) >= 11 is 6.87. The molecule has 4 aliphatic rings. The minimum Gasteiger partial charge on any atom is -0.458 e. The minimum absolute atomic E-state index is 0.0413. The smallest absolute Gasteiger partial charge is 0.410 e. The molecule has 2 unspecified atom stereocenters. The second-order valence-corrected chi connectivity index (χ2v) is 26.2. The lowest BCUT2D eigenvalue weighted by molar-refractivity contribution is -0.172. The Kier molecular flexibility index (Phi) is 25.0. The largest absolute Gasteiger partial charge is 0.458 e. The quantitative estimate of drug-likeness (QED) is 0.0142. The van der Waals surface area contributed by atoms with Crippen LogP contribution in [0, 0.1) is 24.6 Å². The number of aryl methyl sites for hydroxylation is 1. The van der Waals surface area contributed by atoms with Crippen LogP contribution in [0.3, 0.4) is 0 Å². The number of carbonyl (C=O) groups is 8. The van der Waals surface area contributed by atoms with Crippen molar-refractivity contribution in [3.63, 3.8) is 0 Å². The summed E-state index contributed by atoms with van der Waals surface area (Å²) in [5, 5.41) is 30.1. The Balaban J connectivity index is 0.622. The molecular weight excluding hydrogens is 1430 g/mol. The molecule has 4 atom stereocenters. The van der Waals surface area contributed by atoms with Crippen LogP contribution < -0.4 is 43.2 Å². The van der Waals surface area contributed by atoms with Gasteiger partial charge in [0.15, 0.2) is 5.60 Å². The third kappa shape index (κ3) is 17.2. The fraction of sp³-hybridized carbons (Fsp3) is 0.478. The zero-order valence-corrected chi connectivity index (χ0v) is 59.0. The highest BCUT2D eigenvalue weighted by Gasteiger charge is 2.47. The van der Waals surface area contributed by atoms with Crippen molar-refractivity contribution in [3.05, 3.63) is 127 Å². The van der Waals surface area contributed by atoms with Crippen molar-refractivity contribution in [1.82, 2.24) is 51.0 Å². The zero-order chi connectivity index (χ0) is 71.4. The van der Waals surface area contributed by atoms with E-state index in [2.05, 4.69) is 73.7 Å². The van der Waals surface area contributed by atoms with E-state index in [4.69, 9.17) is 39.1 Å². The van der Waals surface area contributed by atoms with Gasteiger partial charge in [-0.1, -0.05) is 64.8 Å². The molecule has 534 valence electrons. The Hall–Kier alpha value is -8.59. The summed E-state index contributed by atoms with van der Waals surface area (Å²) in [6.07, 6.45) is 0.455. The van der Waals surface area contributed by atoms with Crippen molar-refractivity contribution in [1.29, 1.82) is 0 Å². The Bertz CT molecular complexity index is 4160. The number of alkyl halides is 2. The summed E-state index contributed by atoms with van der Waals surface area (Å²) in [6.45, 7) is 9.07. The number of nitrogens with zero attached hydrogens (tertiary/aromatic N) is 5. The number of fused-ring (bicyclic) bond motifs is 6. The molecule has 6 heterocycles. The van der Waals surface area contributed by atoms with Gasteiger partial charge in [-0.25, -0.2) is 33.7 Å². The number of hydrogen-bond donors (Lipinski definition) is 8. The number of nitrogens with two attached hydrogens (primary N) is 1. The van der Waals surface area contributed by atoms with E-state index in [0.717, 1.165) is 17.0 Å². The number of ether oxygens (including phenoxy) is 6. The highest BCUT2D eigenvalue weighted by atomic mass is 79.9. The van der Waals surface area contributed by atoms with Gasteiger partial charge in [-0.05, 0) is 104 Å². The third-order valence-electron chi connectivity index (χ3n) is 18.1. The molecule has 1 saturated heterocycles. The summed E-state index contributed by atoms with van der Waals surface area (Å²) in [6, 6.07) is 11.2. The van der Waals surface area contributed by atoms with Gasteiger partial charge in [0, 0.05) is 77.1 Å². The summed E-state index contributed by atoms with van der Waals surface area (Å²) < 4.78 is 50.1. The first-order chi connectivity index (χ1) is 48.1. The van der Waals surface area contributed by atoms with Gasteiger partial charge >= 0.3 is 18.1 Å². The van der Waals surface area contributed by atoms with Crippen molar-refractivity contribution in [3.8, 4) is 11.4 Å². The number of aromatic nitrogens is 4. The molecule has 28 nitrogen and oxygen atoms in total. The number of pyridine rings is 2. The van der Waals surface area contributed by atoms with Crippen LogP contribution in [0.15, 0.2) is 59.4 Å². The number of carbonyl (C=O) groups excluding carboxylic acids is 8. The van der Waals surface area contributed by atoms with E-state index in [1.807, 2.05) is 0 Å². The molecule has 31 heteroatoms. The molecule has 3 aliphatic heterocycles. The molecule has 0 saturated carbocycles. The molecule has 0 bridgehead atoms. The first-order valence-electron chi connectivity index (χ1n) is 33.2. The van der Waals surface area contributed by atoms with E-state index in [9.17, 15) is 48.3 Å². The fourth-order valence-electron chi connectivity index (χ4n) is 12.5. The predicted molar refractivity (Wildman–Crippen MR) is 369 cm³/mol. The highest BCUT2D eigenvalue weighted by molar-refractivity contribution is 9.09. The molecule has 6 aromatic rings. The van der Waals surface area contributed by atoms with E-state index in [-0.39, 0.29) is 114 Å². The molecule has 9 N–H and O–H groups in total. The number of urea groups is 1. The molecule has 10 rings (SSSR count). The summed E-state index contributed by atoms with van der Waals surface area (Å²) in [4.78, 5) is 135. The number of nitrogens with one attached hydrogen (secondary N) is 6. The molecular formula is C69H81Br2FN12O16. The lowest BCUT2D eigenvalue weighted by Gasteiger charge is -2.38. The van der Waals surface area contributed by atoms with Crippen LogP contribution in [0.25, 0.3) is 33.3 Å². The second-order valence-electron chi connectivity index (χ2n) is 25.1. The van der Waals surface area contributed by atoms with Gasteiger partial charge in [0.2, 0.25) is 23.6 Å². The highest BCUT2D eigenvalue weighted by Crippen LogP contribution is 2.46. The Morgan fingerprint density at radius 1 is 0.800 bits per heavy atom. The Labute approximate surface area is 591 Å². The summed E-state index contributed by atoms with van der Waals surface area (Å²) in [7, 11) is 0. The molecule has 3 aromatic heterocycles. The van der Waals surface area contributed by atoms with Crippen LogP contribution in [0.5, 0.6) is 0 Å². The number of halogens is 3. The summed E-state index contributed by atoms with van der Waals surface area (Å²) in [5.41, 5.74) is 11.1. The maximum Gasteiger partial charge on any atom is 0.410 e. The first-order valence-corrected chi connectivity index (χ1v) is 35.4. The van der Waals surface area contributed by atoms with Gasteiger partial charge < -0.3 is 80.6 Å². The first kappa shape index (κ1) is 74.1. The molecule has 100 heavy (non-hydrogen) atoms. The lowest BCUT2D eigenvalue weighted by atomic mass is 9.81. The fourth-order valence-corrected chi connectivity index (χ4v) is 13.4. The maximum atomic E-state index is 15.5. The van der Waals surface area contributed by atoms with Crippen molar-refractivity contribution < 1.29 is 76.3 Å². The topological polar surface area (TPSA) is 374 Å². The Morgan fingerprint density at radius 2 is 1.48 bits per heavy atom. The van der Waals surface area contributed by atoms with Gasteiger partial charge in [-0.15, -0.1) is 0 Å². The van der Waals surface area contributed by atoms with E-state index in [1.54, 1.807) is 76.2 Å². The number of amides is 8. The van der Waals surface area contributed by atoms with E-state index >= 15 is 4.39 Å². The number of rotatable bonds is 33. The number of primary amides is 1. The van der Waals surface area contributed by atoms with Crippen LogP contribution in [-0.4, -0.2) is 168 Å². The standard InChI is InChI=1S/C69H81Br2FN12O16/c1-5-69(94)46-28-55-60-44(34-84(55)65(90)45(46)36-99-66(69)91)58-49(15-13-43-38(4)47(72)29-52(79-60)57(43)58)80-62(87)41-32-83(33-41)68(93)100-35-39-8-11-42(12-9-39)76-63(88)50(7-6-17-75-67(73)92)81-64(89)59(37(2)3)82-56(85)16-19-95-21-23-97-25-26-98-24-22-96-20-18-74-61(86)40-10-14-48-51(27-40)78-54(31-71)53(30-70)77-48/h8-12,14,27-29,37,41,49-50,59,94H,5-7,13,15-26,30-36H2,1-4H3,(H,74,86)(H,76,88)(H,80,87)(H,81,89)(H,82,85)(H3,73,75,92)/t49-,50?,59+,69?/m1/s1. The average molecular weight is 1510 g/mol. The van der Waals surface area contributed by atoms with E-state index in [0.29, 0.717) is 130 Å². The van der Waals surface area contributed by atoms with Crippen molar-refractivity contribution in [2.24, 2.45) is 17.6 Å². The van der Waals surface area contributed by atoms with Crippen molar-refractivity contribution in [2.45, 2.75) is 120 Å². The summed E-state index contributed by atoms with van der Waals surface area (Å²) in [5.74, 6) is -4.46. The normalized spacial score (nSPS) is 16.6. The number of cyclic esters (lactones) is 1. The van der Waals surface area contributed by atoms with Gasteiger partial charge in [-0.3, -0.25) is 28.8 Å². The van der Waals surface area contributed by atoms with Gasteiger partial charge in [0.25, 0.3) is 11.5 Å².